The molecule has 0 saturated heterocycles. The second-order valence-corrected chi connectivity index (χ2v) is 4.41. The lowest BCUT2D eigenvalue weighted by molar-refractivity contribution is -0.121. The monoisotopic (exact) mass is 249 g/mol. The van der Waals surface area contributed by atoms with Crippen LogP contribution in [-0.4, -0.2) is 24.0 Å². The van der Waals surface area contributed by atoms with Crippen molar-refractivity contribution in [1.29, 1.82) is 0 Å². The average molecular weight is 249 g/mol. The molecule has 1 atom stereocenters. The Morgan fingerprint density at radius 3 is 2.50 bits per heavy atom. The minimum absolute atomic E-state index is 0.0504. The molecular weight excluding hydrogens is 230 g/mol. The van der Waals surface area contributed by atoms with Crippen molar-refractivity contribution in [3.05, 3.63) is 29.8 Å². The van der Waals surface area contributed by atoms with Crippen LogP contribution in [0.5, 0.6) is 0 Å². The van der Waals surface area contributed by atoms with Gasteiger partial charge in [-0.25, -0.2) is 4.79 Å². The van der Waals surface area contributed by atoms with Crippen LogP contribution in [0.15, 0.2) is 24.3 Å². The summed E-state index contributed by atoms with van der Waals surface area (Å²) in [5.74, 6) is -1.17. The molecule has 0 bridgehead atoms. The number of rotatable bonds is 5. The van der Waals surface area contributed by atoms with Crippen molar-refractivity contribution in [2.75, 3.05) is 11.9 Å². The fourth-order valence-corrected chi connectivity index (χ4v) is 1.95. The maximum atomic E-state index is 12.1. The standard InChI is InChI=1S/C14H19NO3/c1-4-7-10(2)13(16)15(3)12-9-6-5-8-11(12)14(17)18/h5-6,8-10H,4,7H2,1-3H3,(H,17,18). The van der Waals surface area contributed by atoms with Crippen LogP contribution in [0.1, 0.15) is 37.0 Å². The van der Waals surface area contributed by atoms with Crippen molar-refractivity contribution >= 4 is 17.6 Å². The van der Waals surface area contributed by atoms with E-state index in [4.69, 9.17) is 5.11 Å². The highest BCUT2D eigenvalue weighted by molar-refractivity contribution is 6.02. The molecule has 0 aliphatic heterocycles. The molecule has 1 aromatic rings. The number of hydrogen-bond donors (Lipinski definition) is 1. The van der Waals surface area contributed by atoms with Crippen molar-refractivity contribution < 1.29 is 14.7 Å². The van der Waals surface area contributed by atoms with Crippen LogP contribution < -0.4 is 4.90 Å². The summed E-state index contributed by atoms with van der Waals surface area (Å²) in [4.78, 5) is 24.7. The summed E-state index contributed by atoms with van der Waals surface area (Å²) in [6, 6.07) is 6.54. The van der Waals surface area contributed by atoms with Gasteiger partial charge in [-0.05, 0) is 18.6 Å². The van der Waals surface area contributed by atoms with Crippen LogP contribution in [0.4, 0.5) is 5.69 Å². The molecule has 1 rings (SSSR count). The molecule has 1 N–H and O–H groups in total. The lowest BCUT2D eigenvalue weighted by Gasteiger charge is -2.22. The number of hydrogen-bond acceptors (Lipinski definition) is 2. The van der Waals surface area contributed by atoms with Gasteiger partial charge >= 0.3 is 5.97 Å². The molecule has 4 nitrogen and oxygen atoms in total. The first-order valence-corrected chi connectivity index (χ1v) is 6.09. The Morgan fingerprint density at radius 2 is 1.94 bits per heavy atom. The Hall–Kier alpha value is -1.84. The zero-order valence-corrected chi connectivity index (χ0v) is 11.0. The van der Waals surface area contributed by atoms with Crippen LogP contribution in [0.25, 0.3) is 0 Å². The summed E-state index contributed by atoms with van der Waals surface area (Å²) in [5.41, 5.74) is 0.593. The topological polar surface area (TPSA) is 57.6 Å². The molecule has 0 aromatic heterocycles. The number of para-hydroxylation sites is 1. The minimum Gasteiger partial charge on any atom is -0.478 e. The largest absolute Gasteiger partial charge is 0.478 e. The van der Waals surface area contributed by atoms with Gasteiger partial charge in [0.2, 0.25) is 5.91 Å². The lowest BCUT2D eigenvalue weighted by Crippen LogP contribution is -2.32. The molecule has 4 heteroatoms. The predicted molar refractivity (Wildman–Crippen MR) is 70.9 cm³/mol. The normalized spacial score (nSPS) is 11.9. The van der Waals surface area contributed by atoms with E-state index in [0.717, 1.165) is 12.8 Å². The van der Waals surface area contributed by atoms with E-state index in [-0.39, 0.29) is 17.4 Å². The molecule has 0 aliphatic rings. The van der Waals surface area contributed by atoms with Gasteiger partial charge < -0.3 is 10.0 Å². The fourth-order valence-electron chi connectivity index (χ4n) is 1.95. The van der Waals surface area contributed by atoms with Crippen LogP contribution >= 0.6 is 0 Å². The van der Waals surface area contributed by atoms with E-state index in [1.165, 1.54) is 11.0 Å². The Labute approximate surface area is 107 Å². The number of anilines is 1. The van der Waals surface area contributed by atoms with Gasteiger partial charge in [-0.2, -0.15) is 0 Å². The van der Waals surface area contributed by atoms with E-state index in [1.807, 2.05) is 13.8 Å². The Bertz CT molecular complexity index is 442. The predicted octanol–water partition coefficient (Wildman–Crippen LogP) is 2.78. The summed E-state index contributed by atoms with van der Waals surface area (Å²) in [6.45, 7) is 3.89. The van der Waals surface area contributed by atoms with Crippen molar-refractivity contribution in [2.45, 2.75) is 26.7 Å². The first-order chi connectivity index (χ1) is 8.49. The fraction of sp³-hybridized carbons (Fsp3) is 0.429. The van der Waals surface area contributed by atoms with Gasteiger partial charge in [-0.15, -0.1) is 0 Å². The maximum absolute atomic E-state index is 12.1. The van der Waals surface area contributed by atoms with E-state index in [2.05, 4.69) is 0 Å². The number of carboxylic acids is 1. The smallest absolute Gasteiger partial charge is 0.337 e. The highest BCUT2D eigenvalue weighted by Gasteiger charge is 2.21. The van der Waals surface area contributed by atoms with E-state index >= 15 is 0 Å². The first kappa shape index (κ1) is 14.2. The van der Waals surface area contributed by atoms with Gasteiger partial charge in [0.05, 0.1) is 11.3 Å². The zero-order chi connectivity index (χ0) is 13.7. The van der Waals surface area contributed by atoms with Gasteiger partial charge in [-0.1, -0.05) is 32.4 Å². The quantitative estimate of drug-likeness (QED) is 0.873. The van der Waals surface area contributed by atoms with Crippen molar-refractivity contribution in [3.63, 3.8) is 0 Å². The van der Waals surface area contributed by atoms with Gasteiger partial charge in [0.1, 0.15) is 0 Å². The summed E-state index contributed by atoms with van der Waals surface area (Å²) < 4.78 is 0. The molecule has 0 heterocycles. The zero-order valence-electron chi connectivity index (χ0n) is 11.0. The van der Waals surface area contributed by atoms with Crippen LogP contribution in [0.3, 0.4) is 0 Å². The molecule has 1 amide bonds. The summed E-state index contributed by atoms with van der Waals surface area (Å²) in [7, 11) is 1.62. The summed E-state index contributed by atoms with van der Waals surface area (Å²) in [5, 5.41) is 9.10. The molecule has 0 saturated carbocycles. The lowest BCUT2D eigenvalue weighted by atomic mass is 10.0. The Balaban J connectivity index is 3.00. The SMILES string of the molecule is CCCC(C)C(=O)N(C)c1ccccc1C(=O)O. The number of nitrogens with zero attached hydrogens (tertiary/aromatic N) is 1. The maximum Gasteiger partial charge on any atom is 0.337 e. The number of amides is 1. The van der Waals surface area contributed by atoms with Crippen molar-refractivity contribution in [3.8, 4) is 0 Å². The van der Waals surface area contributed by atoms with E-state index < -0.39 is 5.97 Å². The number of carbonyl (C=O) groups is 2. The van der Waals surface area contributed by atoms with Gasteiger partial charge in [0.15, 0.2) is 0 Å². The number of carboxylic acid groups (broad SMARTS) is 1. The van der Waals surface area contributed by atoms with Crippen LogP contribution in [-0.2, 0) is 4.79 Å². The Morgan fingerprint density at radius 1 is 1.33 bits per heavy atom. The third-order valence-electron chi connectivity index (χ3n) is 2.97. The van der Waals surface area contributed by atoms with Crippen LogP contribution in [0, 0.1) is 5.92 Å². The third-order valence-corrected chi connectivity index (χ3v) is 2.97. The van der Waals surface area contributed by atoms with Gasteiger partial charge in [0.25, 0.3) is 0 Å². The van der Waals surface area contributed by atoms with E-state index in [1.54, 1.807) is 25.2 Å². The highest BCUT2D eigenvalue weighted by atomic mass is 16.4. The third kappa shape index (κ3) is 3.09. The minimum atomic E-state index is -1.02. The van der Waals surface area contributed by atoms with Gasteiger partial charge in [-0.3, -0.25) is 4.79 Å². The summed E-state index contributed by atoms with van der Waals surface area (Å²) >= 11 is 0. The first-order valence-electron chi connectivity index (χ1n) is 6.09. The molecule has 0 radical (unpaired) electrons. The molecular formula is C14H19NO3. The molecule has 0 fully saturated rings. The van der Waals surface area contributed by atoms with E-state index in [0.29, 0.717) is 5.69 Å². The summed E-state index contributed by atoms with van der Waals surface area (Å²) in [6.07, 6.45) is 1.74. The number of aromatic carboxylic acids is 1. The van der Waals surface area contributed by atoms with Crippen molar-refractivity contribution in [2.24, 2.45) is 5.92 Å². The highest BCUT2D eigenvalue weighted by Crippen LogP contribution is 2.21. The van der Waals surface area contributed by atoms with Gasteiger partial charge in [0, 0.05) is 13.0 Å². The van der Waals surface area contributed by atoms with Crippen LogP contribution in [0.2, 0.25) is 0 Å². The molecule has 1 unspecified atom stereocenters. The molecule has 18 heavy (non-hydrogen) atoms. The Kier molecular flexibility index (Phi) is 4.89. The molecule has 1 aromatic carbocycles. The second-order valence-electron chi connectivity index (χ2n) is 4.41. The molecule has 0 spiro atoms. The van der Waals surface area contributed by atoms with Crippen molar-refractivity contribution in [1.82, 2.24) is 0 Å². The molecule has 0 aliphatic carbocycles. The molecule has 98 valence electrons. The number of carbonyl (C=O) groups excluding carboxylic acids is 1. The van der Waals surface area contributed by atoms with E-state index in [9.17, 15) is 9.59 Å². The number of benzene rings is 1. The second kappa shape index (κ2) is 6.19. The average Bonchev–Trinajstić information content (AvgIpc) is 2.37.